The van der Waals surface area contributed by atoms with Gasteiger partial charge in [-0.25, -0.2) is 4.98 Å². The molecule has 3 N–H and O–H groups in total. The van der Waals surface area contributed by atoms with E-state index in [2.05, 4.69) is 104 Å². The van der Waals surface area contributed by atoms with Crippen LogP contribution in [0.15, 0.2) is 59.7 Å². The lowest BCUT2D eigenvalue weighted by Crippen LogP contribution is -2.58. The van der Waals surface area contributed by atoms with Crippen LogP contribution < -0.4 is 30.9 Å². The van der Waals surface area contributed by atoms with Crippen molar-refractivity contribution in [2.45, 2.75) is 25.3 Å². The maximum atomic E-state index is 6.02. The minimum atomic E-state index is -0.492. The first-order valence-corrected chi connectivity index (χ1v) is 22.0. The molecule has 3 aromatic heterocycles. The smallest absolute Gasteiger partial charge is 0.229 e. The fourth-order valence-corrected chi connectivity index (χ4v) is 9.44. The van der Waals surface area contributed by atoms with E-state index in [1.165, 1.54) is 52.0 Å². The summed E-state index contributed by atoms with van der Waals surface area (Å²) in [6.45, 7) is 14.5. The summed E-state index contributed by atoms with van der Waals surface area (Å²) < 4.78 is 8.62. The average Bonchev–Trinajstić information content (AvgIpc) is 3.61. The Kier molecular flexibility index (Phi) is 11.3. The van der Waals surface area contributed by atoms with Gasteiger partial charge in [-0.1, -0.05) is 7.92 Å². The van der Waals surface area contributed by atoms with Crippen LogP contribution in [0.1, 0.15) is 19.3 Å². The monoisotopic (exact) mass is 812 g/mol. The molecule has 0 unspecified atom stereocenters. The van der Waals surface area contributed by atoms with Gasteiger partial charge in [-0.2, -0.15) is 10.1 Å². The second-order valence-corrected chi connectivity index (χ2v) is 17.9. The number of ether oxygens (including phenoxy) is 1. The van der Waals surface area contributed by atoms with Gasteiger partial charge in [0.05, 0.1) is 34.5 Å². The van der Waals surface area contributed by atoms with Crippen molar-refractivity contribution in [1.82, 2.24) is 44.8 Å². The van der Waals surface area contributed by atoms with E-state index in [1.807, 2.05) is 24.0 Å². The zero-order valence-electron chi connectivity index (χ0n) is 31.6. The molecule has 2 aromatic carbocycles. The third-order valence-electron chi connectivity index (χ3n) is 11.1. The fraction of sp³-hybridized carbons (Fsp3) is 0.462. The van der Waals surface area contributed by atoms with E-state index in [9.17, 15) is 0 Å². The van der Waals surface area contributed by atoms with Gasteiger partial charge >= 0.3 is 0 Å². The first-order valence-electron chi connectivity index (χ1n) is 18.9. The van der Waals surface area contributed by atoms with Gasteiger partial charge in [0.2, 0.25) is 5.95 Å². The Bertz CT molecular complexity index is 2070. The first kappa shape index (κ1) is 37.0. The predicted octanol–water partition coefficient (Wildman–Crippen LogP) is 5.64. The Morgan fingerprint density at radius 3 is 2.44 bits per heavy atom. The molecule has 5 aromatic rings. The number of halogens is 1. The molecule has 0 radical (unpaired) electrons. The standard InChI is InChI=1S/C39H50BrN12OP/c1-49-25-27(21-45-49)29-19-33(47-39-44-24-30(40)38(48-39)46-32-6-5-31-36(37(32)54(3)4)43-11-10-42-31)35(53-2)20-34(29)52-17-15-50(16-18-52)12-7-26-8-13-51(14-9-26)28-22-41-23-28/h5-6,10-11,19-21,24-26,28,41H,7-9,12-18,22-23H2,1-4H3,(H2,44,46,47,48). The minimum Gasteiger partial charge on any atom is -0.494 e. The highest BCUT2D eigenvalue weighted by atomic mass is 79.9. The van der Waals surface area contributed by atoms with E-state index in [-0.39, 0.29) is 0 Å². The summed E-state index contributed by atoms with van der Waals surface area (Å²) >= 11 is 3.67. The van der Waals surface area contributed by atoms with Crippen molar-refractivity contribution < 1.29 is 4.74 Å². The number of aryl methyl sites for hydroxylation is 1. The lowest BCUT2D eigenvalue weighted by Gasteiger charge is -2.42. The summed E-state index contributed by atoms with van der Waals surface area (Å²) in [6, 6.07) is 9.11. The Balaban J connectivity index is 0.987. The molecular weight excluding hydrogens is 763 g/mol. The van der Waals surface area contributed by atoms with Crippen LogP contribution in [0.2, 0.25) is 0 Å². The second-order valence-electron chi connectivity index (χ2n) is 14.8. The van der Waals surface area contributed by atoms with Gasteiger partial charge in [0.15, 0.2) is 0 Å². The summed E-state index contributed by atoms with van der Waals surface area (Å²) in [5.74, 6) is 2.66. The molecule has 3 fully saturated rings. The normalized spacial score (nSPS) is 17.6. The van der Waals surface area contributed by atoms with Gasteiger partial charge in [-0.15, -0.1) is 0 Å². The lowest BCUT2D eigenvalue weighted by atomic mass is 9.91. The maximum absolute atomic E-state index is 6.02. The Labute approximate surface area is 327 Å². The molecule has 13 nitrogen and oxygen atoms in total. The third kappa shape index (κ3) is 8.04. The third-order valence-corrected chi connectivity index (χ3v) is 13.1. The highest BCUT2D eigenvalue weighted by Gasteiger charge is 2.29. The Morgan fingerprint density at radius 1 is 0.944 bits per heavy atom. The maximum Gasteiger partial charge on any atom is 0.229 e. The Hall–Kier alpha value is -3.94. The summed E-state index contributed by atoms with van der Waals surface area (Å²) in [4.78, 5) is 26.6. The number of nitrogens with zero attached hydrogens (tertiary/aromatic N) is 9. The van der Waals surface area contributed by atoms with Crippen molar-refractivity contribution in [2.75, 3.05) is 94.9 Å². The number of piperazine rings is 1. The number of fused-ring (bicyclic) bond motifs is 1. The van der Waals surface area contributed by atoms with Crippen molar-refractivity contribution in [2.24, 2.45) is 13.0 Å². The largest absolute Gasteiger partial charge is 0.494 e. The van der Waals surface area contributed by atoms with E-state index >= 15 is 0 Å². The molecule has 15 heteroatoms. The summed E-state index contributed by atoms with van der Waals surface area (Å²) in [5.41, 5.74) is 6.79. The van der Waals surface area contributed by atoms with Gasteiger partial charge in [0.1, 0.15) is 11.6 Å². The molecule has 54 heavy (non-hydrogen) atoms. The molecule has 3 saturated heterocycles. The van der Waals surface area contributed by atoms with E-state index in [4.69, 9.17) is 9.72 Å². The molecule has 0 bridgehead atoms. The Morgan fingerprint density at radius 2 is 1.74 bits per heavy atom. The van der Waals surface area contributed by atoms with E-state index in [1.54, 1.807) is 25.7 Å². The van der Waals surface area contributed by atoms with Crippen LogP contribution in [0.25, 0.3) is 22.2 Å². The molecule has 8 rings (SSSR count). The van der Waals surface area contributed by atoms with Crippen molar-refractivity contribution in [1.29, 1.82) is 0 Å². The number of methoxy groups -OCH3 is 1. The molecule has 0 saturated carbocycles. The lowest BCUT2D eigenvalue weighted by molar-refractivity contribution is 0.0921. The molecule has 284 valence electrons. The topological polar surface area (TPSA) is 124 Å². The van der Waals surface area contributed by atoms with Gasteiger partial charge in [0.25, 0.3) is 0 Å². The highest BCUT2D eigenvalue weighted by Crippen LogP contribution is 2.41. The number of aromatic nitrogens is 6. The zero-order chi connectivity index (χ0) is 37.2. The van der Waals surface area contributed by atoms with Crippen LogP contribution in [-0.4, -0.2) is 125 Å². The molecular formula is C39H50BrN12OP. The van der Waals surface area contributed by atoms with E-state index < -0.39 is 7.92 Å². The summed E-state index contributed by atoms with van der Waals surface area (Å²) in [6.07, 6.45) is 13.2. The van der Waals surface area contributed by atoms with Crippen LogP contribution in [-0.2, 0) is 7.05 Å². The summed E-state index contributed by atoms with van der Waals surface area (Å²) in [7, 11) is 3.18. The van der Waals surface area contributed by atoms with Crippen LogP contribution in [0.5, 0.6) is 5.75 Å². The molecule has 6 heterocycles. The van der Waals surface area contributed by atoms with Crippen LogP contribution in [0, 0.1) is 5.92 Å². The number of rotatable bonds is 12. The van der Waals surface area contributed by atoms with Gasteiger partial charge < -0.3 is 25.6 Å². The molecule has 0 spiro atoms. The fourth-order valence-electron chi connectivity index (χ4n) is 7.94. The van der Waals surface area contributed by atoms with Gasteiger partial charge in [-0.05, 0) is 92.3 Å². The number of anilines is 5. The first-order chi connectivity index (χ1) is 26.3. The number of hydrogen-bond acceptors (Lipinski definition) is 12. The van der Waals surface area contributed by atoms with Gasteiger partial charge in [0, 0.05) is 111 Å². The van der Waals surface area contributed by atoms with Gasteiger partial charge in [-0.3, -0.25) is 24.4 Å². The van der Waals surface area contributed by atoms with Crippen molar-refractivity contribution in [3.05, 3.63) is 59.7 Å². The SMILES string of the molecule is COc1cc(N2CCN(CCC3CCN(C4CNC4)CC3)CC2)c(-c2cnn(C)c2)cc1Nc1ncc(Br)c(Nc2ccc3nccnc3c2P(C)C)n1. The zero-order valence-corrected chi connectivity index (χ0v) is 34.1. The molecule has 0 amide bonds. The summed E-state index contributed by atoms with van der Waals surface area (Å²) in [5, 5.41) is 16.1. The van der Waals surface area contributed by atoms with Crippen molar-refractivity contribution >= 4 is 69.0 Å². The van der Waals surface area contributed by atoms with Crippen LogP contribution in [0.3, 0.4) is 0 Å². The molecule has 3 aliphatic rings. The predicted molar refractivity (Wildman–Crippen MR) is 224 cm³/mol. The van der Waals surface area contributed by atoms with E-state index in [0.717, 1.165) is 92.9 Å². The van der Waals surface area contributed by atoms with E-state index in [0.29, 0.717) is 11.8 Å². The quantitative estimate of drug-likeness (QED) is 0.135. The number of benzene rings is 2. The average molecular weight is 814 g/mol. The number of likely N-dealkylation sites (tertiary alicyclic amines) is 1. The highest BCUT2D eigenvalue weighted by molar-refractivity contribution is 9.10. The number of nitrogens with one attached hydrogen (secondary N) is 3. The second kappa shape index (κ2) is 16.4. The van der Waals surface area contributed by atoms with Crippen molar-refractivity contribution in [3.8, 4) is 16.9 Å². The minimum absolute atomic E-state index is 0.445. The van der Waals surface area contributed by atoms with Crippen molar-refractivity contribution in [3.63, 3.8) is 0 Å². The van der Waals surface area contributed by atoms with Crippen LogP contribution in [0.4, 0.5) is 28.8 Å². The van der Waals surface area contributed by atoms with Crippen LogP contribution >= 0.6 is 23.9 Å². The molecule has 0 atom stereocenters. The number of piperidine rings is 1. The molecule has 3 aliphatic heterocycles. The molecule has 0 aliphatic carbocycles. The number of hydrogen-bond donors (Lipinski definition) is 3.